The van der Waals surface area contributed by atoms with E-state index < -0.39 is 0 Å². The molecule has 2 N–H and O–H groups in total. The average Bonchev–Trinajstić information content (AvgIpc) is 2.42. The van der Waals surface area contributed by atoms with Gasteiger partial charge in [0.05, 0.1) is 0 Å². The Morgan fingerprint density at radius 1 is 1.40 bits per heavy atom. The largest absolute Gasteiger partial charge is 0.351 e. The lowest BCUT2D eigenvalue weighted by Crippen LogP contribution is -2.46. The molecule has 1 aliphatic rings. The van der Waals surface area contributed by atoms with Crippen molar-refractivity contribution in [3.8, 4) is 0 Å². The Morgan fingerprint density at radius 2 is 2.10 bits per heavy atom. The highest BCUT2D eigenvalue weighted by Gasteiger charge is 2.11. The van der Waals surface area contributed by atoms with Crippen LogP contribution in [0.5, 0.6) is 0 Å². The van der Waals surface area contributed by atoms with Crippen LogP contribution in [0.3, 0.4) is 0 Å². The second-order valence-corrected chi connectivity index (χ2v) is 5.24. The number of rotatable bonds is 4. The van der Waals surface area contributed by atoms with Crippen LogP contribution in [-0.2, 0) is 0 Å². The van der Waals surface area contributed by atoms with Crippen molar-refractivity contribution in [1.82, 2.24) is 15.5 Å². The molecule has 1 aliphatic heterocycles. The number of nitrogens with zero attached hydrogens (tertiary/aromatic N) is 1. The summed E-state index contributed by atoms with van der Waals surface area (Å²) in [6, 6.07) is 5.39. The maximum atomic E-state index is 12.1. The molecule has 0 atom stereocenters. The first-order valence-electron chi connectivity index (χ1n) is 6.64. The molecular weight excluding hydrogens is 297 g/mol. The average molecular weight is 318 g/mol. The van der Waals surface area contributed by atoms with Gasteiger partial charge in [-0.05, 0) is 24.6 Å². The van der Waals surface area contributed by atoms with Crippen molar-refractivity contribution in [2.45, 2.75) is 6.92 Å². The molecule has 0 bridgehead atoms. The standard InChI is InChI=1S/C14H20ClN3O.ClH/c1-11-2-3-12(15)10-13(11)14(19)17-6-9-18-7-4-16-5-8-18;/h2-3,10,16H,4-9H2,1H3,(H,17,19);1H. The summed E-state index contributed by atoms with van der Waals surface area (Å²) in [7, 11) is 0. The third kappa shape index (κ3) is 4.94. The Labute approximate surface area is 131 Å². The number of carbonyl (C=O) groups excluding carboxylic acids is 1. The first kappa shape index (κ1) is 17.2. The molecule has 1 aromatic rings. The molecule has 4 nitrogen and oxygen atoms in total. The van der Waals surface area contributed by atoms with E-state index in [1.165, 1.54) is 0 Å². The number of halogens is 2. The van der Waals surface area contributed by atoms with Gasteiger partial charge in [-0.3, -0.25) is 9.69 Å². The Kier molecular flexibility index (Phi) is 7.30. The number of amides is 1. The molecule has 0 saturated carbocycles. The van der Waals surface area contributed by atoms with Crippen molar-refractivity contribution in [1.29, 1.82) is 0 Å². The lowest BCUT2D eigenvalue weighted by atomic mass is 10.1. The monoisotopic (exact) mass is 317 g/mol. The van der Waals surface area contributed by atoms with Gasteiger partial charge in [-0.1, -0.05) is 17.7 Å². The van der Waals surface area contributed by atoms with Crippen molar-refractivity contribution in [3.63, 3.8) is 0 Å². The summed E-state index contributed by atoms with van der Waals surface area (Å²) < 4.78 is 0. The molecule has 1 fully saturated rings. The molecule has 1 saturated heterocycles. The van der Waals surface area contributed by atoms with Gasteiger partial charge in [0, 0.05) is 49.9 Å². The molecule has 0 aromatic heterocycles. The van der Waals surface area contributed by atoms with Gasteiger partial charge in [0.25, 0.3) is 5.91 Å². The summed E-state index contributed by atoms with van der Waals surface area (Å²) in [5, 5.41) is 6.86. The number of piperazine rings is 1. The Bertz CT molecular complexity index is 448. The molecule has 20 heavy (non-hydrogen) atoms. The van der Waals surface area contributed by atoms with Gasteiger partial charge in [-0.2, -0.15) is 0 Å². The highest BCUT2D eigenvalue weighted by atomic mass is 35.5. The van der Waals surface area contributed by atoms with E-state index in [0.717, 1.165) is 38.3 Å². The quantitative estimate of drug-likeness (QED) is 0.888. The summed E-state index contributed by atoms with van der Waals surface area (Å²) in [5.41, 5.74) is 1.61. The Hall–Kier alpha value is -0.810. The van der Waals surface area contributed by atoms with Gasteiger partial charge in [-0.25, -0.2) is 0 Å². The van der Waals surface area contributed by atoms with Crippen LogP contribution in [0.4, 0.5) is 0 Å². The van der Waals surface area contributed by atoms with E-state index in [0.29, 0.717) is 17.1 Å². The fourth-order valence-corrected chi connectivity index (χ4v) is 2.37. The molecule has 112 valence electrons. The molecule has 1 heterocycles. The van der Waals surface area contributed by atoms with Crippen LogP contribution >= 0.6 is 24.0 Å². The molecule has 2 rings (SSSR count). The van der Waals surface area contributed by atoms with Gasteiger partial charge >= 0.3 is 0 Å². The lowest BCUT2D eigenvalue weighted by molar-refractivity contribution is 0.0946. The number of carbonyl (C=O) groups is 1. The van der Waals surface area contributed by atoms with Crippen LogP contribution in [0, 0.1) is 6.92 Å². The van der Waals surface area contributed by atoms with Crippen LogP contribution in [0.15, 0.2) is 18.2 Å². The maximum absolute atomic E-state index is 12.1. The summed E-state index contributed by atoms with van der Waals surface area (Å²) in [6.07, 6.45) is 0. The van der Waals surface area contributed by atoms with Gasteiger partial charge in [0.1, 0.15) is 0 Å². The molecule has 0 unspecified atom stereocenters. The van der Waals surface area contributed by atoms with Crippen molar-refractivity contribution >= 4 is 29.9 Å². The minimum atomic E-state index is -0.0462. The summed E-state index contributed by atoms with van der Waals surface area (Å²) >= 11 is 5.92. The van der Waals surface area contributed by atoms with Gasteiger partial charge < -0.3 is 10.6 Å². The third-order valence-electron chi connectivity index (χ3n) is 3.37. The molecule has 6 heteroatoms. The number of hydrogen-bond donors (Lipinski definition) is 2. The van der Waals surface area contributed by atoms with Crippen LogP contribution < -0.4 is 10.6 Å². The summed E-state index contributed by atoms with van der Waals surface area (Å²) in [6.45, 7) is 7.64. The third-order valence-corrected chi connectivity index (χ3v) is 3.60. The number of nitrogens with one attached hydrogen (secondary N) is 2. The fraction of sp³-hybridized carbons (Fsp3) is 0.500. The summed E-state index contributed by atoms with van der Waals surface area (Å²) in [4.78, 5) is 14.4. The van der Waals surface area contributed by atoms with E-state index in [-0.39, 0.29) is 18.3 Å². The molecule has 0 spiro atoms. The number of benzene rings is 1. The zero-order valence-corrected chi connectivity index (χ0v) is 13.2. The van der Waals surface area contributed by atoms with Gasteiger partial charge in [0.15, 0.2) is 0 Å². The SMILES string of the molecule is Cc1ccc(Cl)cc1C(=O)NCCN1CCNCC1.Cl. The lowest BCUT2D eigenvalue weighted by Gasteiger charge is -2.27. The van der Waals surface area contributed by atoms with E-state index in [4.69, 9.17) is 11.6 Å². The molecule has 1 amide bonds. The zero-order valence-electron chi connectivity index (χ0n) is 11.6. The predicted octanol–water partition coefficient (Wildman–Crippen LogP) is 1.71. The topological polar surface area (TPSA) is 44.4 Å². The molecular formula is C14H21Cl2N3O. The van der Waals surface area contributed by atoms with E-state index in [1.54, 1.807) is 12.1 Å². The van der Waals surface area contributed by atoms with Crippen LogP contribution in [0.1, 0.15) is 15.9 Å². The van der Waals surface area contributed by atoms with E-state index in [1.807, 2.05) is 13.0 Å². The minimum Gasteiger partial charge on any atom is -0.351 e. The summed E-state index contributed by atoms with van der Waals surface area (Å²) in [5.74, 6) is -0.0462. The van der Waals surface area contributed by atoms with Crippen molar-refractivity contribution in [2.75, 3.05) is 39.3 Å². The van der Waals surface area contributed by atoms with Crippen LogP contribution in [0.2, 0.25) is 5.02 Å². The van der Waals surface area contributed by atoms with Crippen LogP contribution in [0.25, 0.3) is 0 Å². The first-order valence-corrected chi connectivity index (χ1v) is 7.02. The first-order chi connectivity index (χ1) is 9.16. The minimum absolute atomic E-state index is 0. The smallest absolute Gasteiger partial charge is 0.251 e. The molecule has 0 radical (unpaired) electrons. The second-order valence-electron chi connectivity index (χ2n) is 4.81. The predicted molar refractivity (Wildman–Crippen MR) is 85.1 cm³/mol. The van der Waals surface area contributed by atoms with Gasteiger partial charge in [-0.15, -0.1) is 12.4 Å². The zero-order chi connectivity index (χ0) is 13.7. The maximum Gasteiger partial charge on any atom is 0.251 e. The fourth-order valence-electron chi connectivity index (χ4n) is 2.20. The molecule has 0 aliphatic carbocycles. The van der Waals surface area contributed by atoms with Crippen LogP contribution in [-0.4, -0.2) is 50.1 Å². The van der Waals surface area contributed by atoms with E-state index >= 15 is 0 Å². The normalized spacial score (nSPS) is 15.5. The highest BCUT2D eigenvalue weighted by molar-refractivity contribution is 6.31. The van der Waals surface area contributed by atoms with E-state index in [9.17, 15) is 4.79 Å². The number of hydrogen-bond acceptors (Lipinski definition) is 3. The van der Waals surface area contributed by atoms with E-state index in [2.05, 4.69) is 15.5 Å². The van der Waals surface area contributed by atoms with Gasteiger partial charge in [0.2, 0.25) is 0 Å². The Balaban J connectivity index is 0.00000200. The second kappa shape index (κ2) is 8.47. The molecule has 1 aromatic carbocycles. The Morgan fingerprint density at radius 3 is 2.80 bits per heavy atom. The number of aryl methyl sites for hydroxylation is 1. The van der Waals surface area contributed by atoms with Crippen molar-refractivity contribution < 1.29 is 4.79 Å². The van der Waals surface area contributed by atoms with Crippen molar-refractivity contribution in [3.05, 3.63) is 34.3 Å². The highest BCUT2D eigenvalue weighted by Crippen LogP contribution is 2.15. The van der Waals surface area contributed by atoms with Crippen molar-refractivity contribution in [2.24, 2.45) is 0 Å².